The molecule has 1 heterocycles. The van der Waals surface area contributed by atoms with E-state index >= 15 is 0 Å². The highest BCUT2D eigenvalue weighted by Gasteiger charge is 2.22. The van der Waals surface area contributed by atoms with E-state index < -0.39 is 0 Å². The number of anilines is 1. The standard InChI is InChI=1S/C19H22N2OS2/c1-2-21(17-12-8-10-15-9-4-5-11-16(15)17)18(22)24-19(23)20-13-6-3-7-14-20/h4-5,8-12H,2-3,6-7,13-14H2,1H3. The number of amides is 1. The molecule has 1 aliphatic heterocycles. The lowest BCUT2D eigenvalue weighted by Gasteiger charge is -2.29. The Hall–Kier alpha value is -1.59. The number of carbonyl (C=O) groups excluding carboxylic acids is 1. The Bertz CT molecular complexity index is 736. The van der Waals surface area contributed by atoms with Crippen LogP contribution in [0.5, 0.6) is 0 Å². The first kappa shape index (κ1) is 17.2. The van der Waals surface area contributed by atoms with E-state index in [1.807, 2.05) is 36.1 Å². The highest BCUT2D eigenvalue weighted by Crippen LogP contribution is 2.29. The predicted octanol–water partition coefficient (Wildman–Crippen LogP) is 5.29. The molecule has 0 aromatic heterocycles. The normalized spacial score (nSPS) is 14.6. The Morgan fingerprint density at radius 1 is 1.12 bits per heavy atom. The Labute approximate surface area is 153 Å². The van der Waals surface area contributed by atoms with Gasteiger partial charge in [-0.1, -0.05) is 48.6 Å². The second-order valence-corrected chi connectivity index (χ2v) is 7.51. The largest absolute Gasteiger partial charge is 0.357 e. The molecule has 0 atom stereocenters. The number of carbonyl (C=O) groups is 1. The monoisotopic (exact) mass is 358 g/mol. The maximum Gasteiger partial charge on any atom is 0.293 e. The highest BCUT2D eigenvalue weighted by molar-refractivity contribution is 8.32. The highest BCUT2D eigenvalue weighted by atomic mass is 32.2. The number of thioether (sulfide) groups is 1. The van der Waals surface area contributed by atoms with Crippen LogP contribution in [-0.4, -0.2) is 34.1 Å². The molecule has 0 aliphatic carbocycles. The van der Waals surface area contributed by atoms with Gasteiger partial charge in [-0.25, -0.2) is 0 Å². The maximum absolute atomic E-state index is 12.8. The fraction of sp³-hybridized carbons (Fsp3) is 0.368. The van der Waals surface area contributed by atoms with Crippen LogP contribution in [-0.2, 0) is 0 Å². The third-order valence-electron chi connectivity index (χ3n) is 4.38. The molecule has 0 saturated carbocycles. The van der Waals surface area contributed by atoms with Gasteiger partial charge in [0.05, 0.1) is 5.69 Å². The average molecular weight is 359 g/mol. The minimum Gasteiger partial charge on any atom is -0.357 e. The van der Waals surface area contributed by atoms with E-state index in [-0.39, 0.29) is 5.24 Å². The number of thiocarbonyl (C=S) groups is 1. The molecule has 1 saturated heterocycles. The first-order valence-corrected chi connectivity index (χ1v) is 9.69. The molecule has 2 aromatic rings. The summed E-state index contributed by atoms with van der Waals surface area (Å²) in [5.41, 5.74) is 0.953. The van der Waals surface area contributed by atoms with Gasteiger partial charge >= 0.3 is 0 Å². The summed E-state index contributed by atoms with van der Waals surface area (Å²) in [6.07, 6.45) is 3.58. The van der Waals surface area contributed by atoms with Crippen molar-refractivity contribution in [1.82, 2.24) is 4.90 Å². The van der Waals surface area contributed by atoms with E-state index in [0.29, 0.717) is 10.9 Å². The summed E-state index contributed by atoms with van der Waals surface area (Å²) >= 11 is 6.69. The van der Waals surface area contributed by atoms with Crippen molar-refractivity contribution in [2.75, 3.05) is 24.5 Å². The van der Waals surface area contributed by atoms with Crippen LogP contribution in [0.3, 0.4) is 0 Å². The summed E-state index contributed by atoms with van der Waals surface area (Å²) in [5.74, 6) is 0. The molecule has 0 bridgehead atoms. The molecule has 3 rings (SSSR count). The summed E-state index contributed by atoms with van der Waals surface area (Å²) in [6, 6.07) is 14.2. The number of likely N-dealkylation sites (tertiary alicyclic amines) is 1. The quantitative estimate of drug-likeness (QED) is 0.681. The van der Waals surface area contributed by atoms with Gasteiger partial charge in [-0.05, 0) is 37.6 Å². The van der Waals surface area contributed by atoms with E-state index in [0.717, 1.165) is 42.4 Å². The number of benzene rings is 2. The summed E-state index contributed by atoms with van der Waals surface area (Å²) in [5, 5.41) is 2.24. The molecule has 5 heteroatoms. The second kappa shape index (κ2) is 7.99. The van der Waals surface area contributed by atoms with Gasteiger partial charge in [0.1, 0.15) is 4.32 Å². The van der Waals surface area contributed by atoms with Crippen molar-refractivity contribution in [3.8, 4) is 0 Å². The lowest BCUT2D eigenvalue weighted by molar-refractivity contribution is 0.265. The maximum atomic E-state index is 12.8. The van der Waals surface area contributed by atoms with Gasteiger partial charge in [-0.15, -0.1) is 0 Å². The zero-order chi connectivity index (χ0) is 16.9. The van der Waals surface area contributed by atoms with Crippen LogP contribution in [0.1, 0.15) is 26.2 Å². The van der Waals surface area contributed by atoms with Crippen LogP contribution in [0, 0.1) is 0 Å². The Kier molecular flexibility index (Phi) is 5.74. The topological polar surface area (TPSA) is 23.6 Å². The summed E-state index contributed by atoms with van der Waals surface area (Å²) < 4.78 is 0.707. The molecule has 24 heavy (non-hydrogen) atoms. The van der Waals surface area contributed by atoms with Gasteiger partial charge in [0.2, 0.25) is 0 Å². The smallest absolute Gasteiger partial charge is 0.293 e. The van der Waals surface area contributed by atoms with Gasteiger partial charge in [0, 0.05) is 36.8 Å². The average Bonchev–Trinajstić information content (AvgIpc) is 2.63. The molecule has 1 aliphatic rings. The van der Waals surface area contributed by atoms with Crippen molar-refractivity contribution >= 4 is 50.0 Å². The van der Waals surface area contributed by atoms with Gasteiger partial charge in [-0.2, -0.15) is 0 Å². The summed E-state index contributed by atoms with van der Waals surface area (Å²) in [7, 11) is 0. The molecule has 1 fully saturated rings. The van der Waals surface area contributed by atoms with Gasteiger partial charge in [-0.3, -0.25) is 4.79 Å². The van der Waals surface area contributed by atoms with Crippen LogP contribution in [0.4, 0.5) is 10.5 Å². The fourth-order valence-corrected chi connectivity index (χ4v) is 4.31. The Morgan fingerprint density at radius 3 is 2.58 bits per heavy atom. The predicted molar refractivity (Wildman–Crippen MR) is 108 cm³/mol. The van der Waals surface area contributed by atoms with Crippen LogP contribution in [0.25, 0.3) is 10.8 Å². The molecule has 0 unspecified atom stereocenters. The zero-order valence-electron chi connectivity index (χ0n) is 13.9. The van der Waals surface area contributed by atoms with E-state index in [4.69, 9.17) is 12.2 Å². The molecular formula is C19H22N2OS2. The Morgan fingerprint density at radius 2 is 1.83 bits per heavy atom. The van der Waals surface area contributed by atoms with E-state index in [9.17, 15) is 4.79 Å². The summed E-state index contributed by atoms with van der Waals surface area (Å²) in [4.78, 5) is 16.8. The first-order valence-electron chi connectivity index (χ1n) is 8.46. The summed E-state index contributed by atoms with van der Waals surface area (Å²) in [6.45, 7) is 4.58. The van der Waals surface area contributed by atoms with Crippen molar-refractivity contribution in [3.05, 3.63) is 42.5 Å². The van der Waals surface area contributed by atoms with Gasteiger partial charge in [0.25, 0.3) is 5.24 Å². The molecule has 0 spiro atoms. The van der Waals surface area contributed by atoms with Crippen molar-refractivity contribution < 1.29 is 4.79 Å². The molecular weight excluding hydrogens is 336 g/mol. The molecule has 0 N–H and O–H groups in total. The minimum atomic E-state index is 0.00410. The van der Waals surface area contributed by atoms with Crippen LogP contribution in [0.2, 0.25) is 0 Å². The lowest BCUT2D eigenvalue weighted by Crippen LogP contribution is -2.35. The molecule has 1 amide bonds. The number of fused-ring (bicyclic) bond motifs is 1. The van der Waals surface area contributed by atoms with Crippen molar-refractivity contribution in [2.45, 2.75) is 26.2 Å². The zero-order valence-corrected chi connectivity index (χ0v) is 15.5. The second-order valence-electron chi connectivity index (χ2n) is 5.92. The molecule has 3 nitrogen and oxygen atoms in total. The lowest BCUT2D eigenvalue weighted by atomic mass is 10.1. The first-order chi connectivity index (χ1) is 11.7. The Balaban J connectivity index is 1.79. The number of rotatable bonds is 2. The van der Waals surface area contributed by atoms with Crippen LogP contribution < -0.4 is 4.90 Å². The fourth-order valence-electron chi connectivity index (χ4n) is 3.11. The molecule has 126 valence electrons. The molecule has 0 radical (unpaired) electrons. The number of piperidine rings is 1. The van der Waals surface area contributed by atoms with Crippen molar-refractivity contribution in [3.63, 3.8) is 0 Å². The SMILES string of the molecule is CCN(C(=O)SC(=S)N1CCCCC1)c1cccc2ccccc12. The third-order valence-corrected chi connectivity index (χ3v) is 5.72. The third kappa shape index (κ3) is 3.73. The van der Waals surface area contributed by atoms with E-state index in [1.165, 1.54) is 18.2 Å². The van der Waals surface area contributed by atoms with Crippen LogP contribution >= 0.6 is 24.0 Å². The van der Waals surface area contributed by atoms with Gasteiger partial charge in [0.15, 0.2) is 0 Å². The number of hydrogen-bond acceptors (Lipinski definition) is 3. The number of hydrogen-bond donors (Lipinski definition) is 0. The van der Waals surface area contributed by atoms with Crippen molar-refractivity contribution in [1.29, 1.82) is 0 Å². The van der Waals surface area contributed by atoms with Gasteiger partial charge < -0.3 is 9.80 Å². The number of nitrogens with zero attached hydrogens (tertiary/aromatic N) is 2. The molecule has 2 aromatic carbocycles. The van der Waals surface area contributed by atoms with E-state index in [1.54, 1.807) is 0 Å². The van der Waals surface area contributed by atoms with E-state index in [2.05, 4.69) is 23.1 Å². The minimum absolute atomic E-state index is 0.00410. The van der Waals surface area contributed by atoms with Crippen LogP contribution in [0.15, 0.2) is 42.5 Å². The van der Waals surface area contributed by atoms with Crippen molar-refractivity contribution in [2.24, 2.45) is 0 Å².